The predicted octanol–water partition coefficient (Wildman–Crippen LogP) is 3.25. The minimum Gasteiger partial charge on any atom is -0.368 e. The van der Waals surface area contributed by atoms with Crippen molar-refractivity contribution in [2.75, 3.05) is 25.5 Å². The van der Waals surface area contributed by atoms with Crippen molar-refractivity contribution in [3.05, 3.63) is 45.8 Å². The van der Waals surface area contributed by atoms with E-state index in [1.165, 1.54) is 22.7 Å². The number of rotatable bonds is 6. The highest BCUT2D eigenvalue weighted by atomic mass is 32.1. The van der Waals surface area contributed by atoms with Crippen LogP contribution in [0.4, 0.5) is 19.0 Å². The molecule has 0 aliphatic rings. The predicted molar refractivity (Wildman–Crippen MR) is 95.0 cm³/mol. The number of aliphatic imine (C=N–C) groups is 1. The minimum absolute atomic E-state index is 0.172. The van der Waals surface area contributed by atoms with Crippen LogP contribution in [0.3, 0.4) is 0 Å². The Bertz CT molecular complexity index is 712. The van der Waals surface area contributed by atoms with Gasteiger partial charge in [0.2, 0.25) is 0 Å². The zero-order valence-corrected chi connectivity index (χ0v) is 14.8. The van der Waals surface area contributed by atoms with Gasteiger partial charge in [0.25, 0.3) is 0 Å². The van der Waals surface area contributed by atoms with Crippen LogP contribution in [-0.4, -0.2) is 31.1 Å². The third kappa shape index (κ3) is 5.63. The van der Waals surface area contributed by atoms with Crippen LogP contribution in [0.2, 0.25) is 0 Å². The first kappa shape index (κ1) is 19.0. The quantitative estimate of drug-likeness (QED) is 0.414. The van der Waals surface area contributed by atoms with Gasteiger partial charge in [-0.05, 0) is 36.1 Å². The van der Waals surface area contributed by atoms with Crippen molar-refractivity contribution >= 4 is 23.1 Å². The highest BCUT2D eigenvalue weighted by Gasteiger charge is 2.33. The summed E-state index contributed by atoms with van der Waals surface area (Å²) in [6.07, 6.45) is -3.10. The molecule has 136 valence electrons. The molecule has 0 bridgehead atoms. The fraction of sp³-hybridized carbons (Fsp3) is 0.375. The van der Waals surface area contributed by atoms with Gasteiger partial charge in [-0.1, -0.05) is 0 Å². The van der Waals surface area contributed by atoms with E-state index in [4.69, 9.17) is 0 Å². The molecular weight excluding hydrogens is 351 g/mol. The molecule has 0 atom stereocenters. The lowest BCUT2D eigenvalue weighted by Gasteiger charge is -2.15. The van der Waals surface area contributed by atoms with Crippen molar-refractivity contribution in [2.45, 2.75) is 19.6 Å². The van der Waals surface area contributed by atoms with Crippen LogP contribution in [0.25, 0.3) is 0 Å². The Hall–Kier alpha value is -2.29. The lowest BCUT2D eigenvalue weighted by molar-refractivity contribution is -0.137. The van der Waals surface area contributed by atoms with E-state index in [1.54, 1.807) is 18.4 Å². The number of halogens is 3. The SMILES string of the molecule is CN=C(NCCNc1ncccc1C(F)(F)F)NCc1sccc1C. The Morgan fingerprint density at radius 3 is 2.68 bits per heavy atom. The third-order valence-corrected chi connectivity index (χ3v) is 4.45. The second-order valence-electron chi connectivity index (χ2n) is 5.20. The number of nitrogens with zero attached hydrogens (tertiary/aromatic N) is 2. The van der Waals surface area contributed by atoms with Gasteiger partial charge >= 0.3 is 6.18 Å². The molecule has 0 unspecified atom stereocenters. The number of guanidine groups is 1. The van der Waals surface area contributed by atoms with Gasteiger partial charge in [0, 0.05) is 31.2 Å². The summed E-state index contributed by atoms with van der Waals surface area (Å²) in [5.74, 6) is 0.417. The summed E-state index contributed by atoms with van der Waals surface area (Å²) >= 11 is 1.66. The van der Waals surface area contributed by atoms with Crippen molar-refractivity contribution in [2.24, 2.45) is 4.99 Å². The molecule has 0 spiro atoms. The smallest absolute Gasteiger partial charge is 0.368 e. The Morgan fingerprint density at radius 1 is 1.24 bits per heavy atom. The molecule has 25 heavy (non-hydrogen) atoms. The fourth-order valence-electron chi connectivity index (χ4n) is 2.11. The number of alkyl halides is 3. The van der Waals surface area contributed by atoms with Gasteiger partial charge in [-0.2, -0.15) is 13.2 Å². The summed E-state index contributed by atoms with van der Waals surface area (Å²) in [6, 6.07) is 4.32. The van der Waals surface area contributed by atoms with Crippen molar-refractivity contribution in [3.8, 4) is 0 Å². The number of pyridine rings is 1. The van der Waals surface area contributed by atoms with Crippen molar-refractivity contribution in [1.82, 2.24) is 15.6 Å². The summed E-state index contributed by atoms with van der Waals surface area (Å²) in [4.78, 5) is 9.06. The van der Waals surface area contributed by atoms with E-state index in [-0.39, 0.29) is 12.4 Å². The average Bonchev–Trinajstić information content (AvgIpc) is 2.99. The topological polar surface area (TPSA) is 61.3 Å². The molecule has 0 amide bonds. The van der Waals surface area contributed by atoms with E-state index in [2.05, 4.69) is 25.9 Å². The van der Waals surface area contributed by atoms with E-state index in [0.717, 1.165) is 6.07 Å². The molecule has 0 aliphatic heterocycles. The lowest BCUT2D eigenvalue weighted by atomic mass is 10.2. The van der Waals surface area contributed by atoms with Crippen LogP contribution in [-0.2, 0) is 12.7 Å². The summed E-state index contributed by atoms with van der Waals surface area (Å²) < 4.78 is 38.7. The van der Waals surface area contributed by atoms with Crippen LogP contribution in [0.1, 0.15) is 16.0 Å². The Morgan fingerprint density at radius 2 is 2.04 bits per heavy atom. The molecule has 2 heterocycles. The minimum atomic E-state index is -4.43. The molecule has 0 fully saturated rings. The van der Waals surface area contributed by atoms with Gasteiger partial charge in [0.15, 0.2) is 5.96 Å². The Balaban J connectivity index is 1.79. The third-order valence-electron chi connectivity index (χ3n) is 3.43. The molecule has 2 aromatic heterocycles. The molecule has 0 saturated heterocycles. The molecule has 2 aromatic rings. The second-order valence-corrected chi connectivity index (χ2v) is 6.20. The van der Waals surface area contributed by atoms with Gasteiger partial charge in [-0.15, -0.1) is 11.3 Å². The number of aromatic nitrogens is 1. The van der Waals surface area contributed by atoms with Gasteiger partial charge in [-0.3, -0.25) is 4.99 Å². The maximum absolute atomic E-state index is 12.9. The van der Waals surface area contributed by atoms with E-state index in [0.29, 0.717) is 19.0 Å². The maximum atomic E-state index is 12.9. The van der Waals surface area contributed by atoms with Crippen LogP contribution < -0.4 is 16.0 Å². The Labute approximate surface area is 148 Å². The van der Waals surface area contributed by atoms with Gasteiger partial charge in [0.1, 0.15) is 5.82 Å². The van der Waals surface area contributed by atoms with Crippen LogP contribution in [0, 0.1) is 6.92 Å². The number of nitrogens with one attached hydrogen (secondary N) is 3. The van der Waals surface area contributed by atoms with E-state index in [1.807, 2.05) is 18.4 Å². The largest absolute Gasteiger partial charge is 0.419 e. The fourth-order valence-corrected chi connectivity index (χ4v) is 2.95. The molecule has 0 aromatic carbocycles. The molecule has 0 radical (unpaired) electrons. The first-order valence-electron chi connectivity index (χ1n) is 7.65. The van der Waals surface area contributed by atoms with E-state index in [9.17, 15) is 13.2 Å². The van der Waals surface area contributed by atoms with Crippen molar-refractivity contribution < 1.29 is 13.2 Å². The number of hydrogen-bond acceptors (Lipinski definition) is 4. The first-order valence-corrected chi connectivity index (χ1v) is 8.53. The monoisotopic (exact) mass is 371 g/mol. The van der Waals surface area contributed by atoms with E-state index < -0.39 is 11.7 Å². The molecular formula is C16H20F3N5S. The van der Waals surface area contributed by atoms with Crippen LogP contribution in [0.5, 0.6) is 0 Å². The molecule has 5 nitrogen and oxygen atoms in total. The number of thiophene rings is 1. The summed E-state index contributed by atoms with van der Waals surface area (Å²) in [6.45, 7) is 3.36. The maximum Gasteiger partial charge on any atom is 0.419 e. The molecule has 2 rings (SSSR count). The van der Waals surface area contributed by atoms with Crippen molar-refractivity contribution in [1.29, 1.82) is 0 Å². The first-order chi connectivity index (χ1) is 11.9. The zero-order valence-electron chi connectivity index (χ0n) is 13.9. The van der Waals surface area contributed by atoms with Gasteiger partial charge in [-0.25, -0.2) is 4.98 Å². The molecule has 9 heteroatoms. The summed E-state index contributed by atoms with van der Waals surface area (Å²) in [7, 11) is 1.64. The van der Waals surface area contributed by atoms with Crippen LogP contribution >= 0.6 is 11.3 Å². The lowest BCUT2D eigenvalue weighted by Crippen LogP contribution is -2.39. The highest BCUT2D eigenvalue weighted by molar-refractivity contribution is 7.10. The number of aryl methyl sites for hydroxylation is 1. The van der Waals surface area contributed by atoms with Crippen LogP contribution in [0.15, 0.2) is 34.8 Å². The highest BCUT2D eigenvalue weighted by Crippen LogP contribution is 2.33. The summed E-state index contributed by atoms with van der Waals surface area (Å²) in [5.41, 5.74) is 0.440. The zero-order chi connectivity index (χ0) is 18.3. The van der Waals surface area contributed by atoms with Gasteiger partial charge in [0.05, 0.1) is 12.1 Å². The van der Waals surface area contributed by atoms with Gasteiger partial charge < -0.3 is 16.0 Å². The second kappa shape index (κ2) is 8.70. The normalized spacial score (nSPS) is 12.1. The van der Waals surface area contributed by atoms with E-state index >= 15 is 0 Å². The average molecular weight is 371 g/mol. The Kier molecular flexibility index (Phi) is 6.63. The number of anilines is 1. The number of hydrogen-bond donors (Lipinski definition) is 3. The molecule has 3 N–H and O–H groups in total. The molecule has 0 saturated carbocycles. The van der Waals surface area contributed by atoms with Crippen molar-refractivity contribution in [3.63, 3.8) is 0 Å². The summed E-state index contributed by atoms with van der Waals surface area (Å²) in [5, 5.41) is 11.0. The standard InChI is InChI=1S/C16H20F3N5S/c1-11-5-9-25-13(11)10-24-15(20-2)23-8-7-22-14-12(16(17,18)19)4-3-6-21-14/h3-6,9H,7-8,10H2,1-2H3,(H,21,22)(H2,20,23,24). The molecule has 0 aliphatic carbocycles.